The zero-order valence-electron chi connectivity index (χ0n) is 11.6. The largest absolute Gasteiger partial charge is 0.360 e. The van der Waals surface area contributed by atoms with Crippen LogP contribution in [0, 0.1) is 11.3 Å². The SMILES string of the molecule is N#CC1(NC(=O)c2c[nH]c3cccc(Br)c23)CCCCC1. The molecule has 1 fully saturated rings. The molecule has 0 atom stereocenters. The number of amides is 1. The van der Waals surface area contributed by atoms with Gasteiger partial charge in [-0.15, -0.1) is 0 Å². The Bertz CT molecular complexity index is 723. The summed E-state index contributed by atoms with van der Waals surface area (Å²) in [6, 6.07) is 8.08. The number of rotatable bonds is 2. The number of H-pyrrole nitrogens is 1. The lowest BCUT2D eigenvalue weighted by Crippen LogP contribution is -2.48. The van der Waals surface area contributed by atoms with E-state index in [0.29, 0.717) is 5.56 Å². The number of nitrogens with one attached hydrogen (secondary N) is 2. The van der Waals surface area contributed by atoms with Crippen LogP contribution in [0.5, 0.6) is 0 Å². The van der Waals surface area contributed by atoms with Gasteiger partial charge in [-0.2, -0.15) is 5.26 Å². The van der Waals surface area contributed by atoms with E-state index < -0.39 is 5.54 Å². The first-order chi connectivity index (χ1) is 10.2. The van der Waals surface area contributed by atoms with Crippen LogP contribution in [-0.4, -0.2) is 16.4 Å². The lowest BCUT2D eigenvalue weighted by atomic mass is 9.82. The zero-order chi connectivity index (χ0) is 14.9. The molecule has 0 bridgehead atoms. The van der Waals surface area contributed by atoms with Crippen molar-refractivity contribution >= 4 is 32.7 Å². The van der Waals surface area contributed by atoms with Crippen molar-refractivity contribution in [3.63, 3.8) is 0 Å². The smallest absolute Gasteiger partial charge is 0.254 e. The zero-order valence-corrected chi connectivity index (χ0v) is 13.2. The monoisotopic (exact) mass is 345 g/mol. The quantitative estimate of drug-likeness (QED) is 0.866. The van der Waals surface area contributed by atoms with Gasteiger partial charge in [0.2, 0.25) is 0 Å². The van der Waals surface area contributed by atoms with Crippen LogP contribution in [-0.2, 0) is 0 Å². The Morgan fingerprint density at radius 2 is 2.10 bits per heavy atom. The highest BCUT2D eigenvalue weighted by Gasteiger charge is 2.34. The Labute approximate surface area is 131 Å². The van der Waals surface area contributed by atoms with Gasteiger partial charge in [-0.05, 0) is 25.0 Å². The van der Waals surface area contributed by atoms with Crippen molar-refractivity contribution in [1.29, 1.82) is 5.26 Å². The van der Waals surface area contributed by atoms with Crippen LogP contribution in [0.2, 0.25) is 0 Å². The molecule has 1 saturated carbocycles. The fourth-order valence-corrected chi connectivity index (χ4v) is 3.60. The number of hydrogen-bond acceptors (Lipinski definition) is 2. The Kier molecular flexibility index (Phi) is 3.73. The number of carbonyl (C=O) groups is 1. The molecule has 3 rings (SSSR count). The van der Waals surface area contributed by atoms with E-state index in [-0.39, 0.29) is 5.91 Å². The number of nitrogens with zero attached hydrogens (tertiary/aromatic N) is 1. The maximum atomic E-state index is 12.6. The summed E-state index contributed by atoms with van der Waals surface area (Å²) in [6.45, 7) is 0. The third kappa shape index (κ3) is 2.56. The first-order valence-corrected chi connectivity index (χ1v) is 7.94. The van der Waals surface area contributed by atoms with Crippen molar-refractivity contribution in [3.8, 4) is 6.07 Å². The van der Waals surface area contributed by atoms with E-state index >= 15 is 0 Å². The first-order valence-electron chi connectivity index (χ1n) is 7.15. The number of fused-ring (bicyclic) bond motifs is 1. The minimum atomic E-state index is -0.708. The molecule has 108 valence electrons. The molecule has 1 aliphatic rings. The third-order valence-electron chi connectivity index (χ3n) is 4.17. The Balaban J connectivity index is 1.92. The van der Waals surface area contributed by atoms with Crippen LogP contribution in [0.4, 0.5) is 0 Å². The van der Waals surface area contributed by atoms with Crippen LogP contribution in [0.15, 0.2) is 28.9 Å². The van der Waals surface area contributed by atoms with Crippen LogP contribution in [0.25, 0.3) is 10.9 Å². The summed E-state index contributed by atoms with van der Waals surface area (Å²) in [5, 5.41) is 13.3. The number of nitriles is 1. The Morgan fingerprint density at radius 3 is 2.81 bits per heavy atom. The van der Waals surface area contributed by atoms with E-state index in [1.807, 2.05) is 18.2 Å². The van der Waals surface area contributed by atoms with E-state index in [1.54, 1.807) is 6.20 Å². The summed E-state index contributed by atoms with van der Waals surface area (Å²) < 4.78 is 0.876. The van der Waals surface area contributed by atoms with Gasteiger partial charge in [0.25, 0.3) is 5.91 Å². The van der Waals surface area contributed by atoms with Crippen molar-refractivity contribution in [3.05, 3.63) is 34.4 Å². The Hall–Kier alpha value is -1.80. The van der Waals surface area contributed by atoms with Crippen molar-refractivity contribution in [2.75, 3.05) is 0 Å². The average molecular weight is 346 g/mol. The maximum Gasteiger partial charge on any atom is 0.254 e. The second kappa shape index (κ2) is 5.53. The predicted molar refractivity (Wildman–Crippen MR) is 84.9 cm³/mol. The molecule has 2 N–H and O–H groups in total. The number of benzene rings is 1. The summed E-state index contributed by atoms with van der Waals surface area (Å²) in [5.74, 6) is -0.184. The number of halogens is 1. The molecule has 0 spiro atoms. The second-order valence-corrected chi connectivity index (χ2v) is 6.43. The number of hydrogen-bond donors (Lipinski definition) is 2. The van der Waals surface area contributed by atoms with Gasteiger partial charge in [-0.1, -0.05) is 41.3 Å². The minimum absolute atomic E-state index is 0.184. The molecule has 4 nitrogen and oxygen atoms in total. The molecule has 5 heteroatoms. The van der Waals surface area contributed by atoms with Crippen LogP contribution in [0.3, 0.4) is 0 Å². The van der Waals surface area contributed by atoms with Crippen molar-refractivity contribution < 1.29 is 4.79 Å². The number of aromatic amines is 1. The van der Waals surface area contributed by atoms with Gasteiger partial charge in [-0.3, -0.25) is 4.79 Å². The summed E-state index contributed by atoms with van der Waals surface area (Å²) in [5.41, 5.74) is 0.780. The predicted octanol–water partition coefficient (Wildman–Crippen LogP) is 3.89. The van der Waals surface area contributed by atoms with Crippen LogP contribution in [0.1, 0.15) is 42.5 Å². The van der Waals surface area contributed by atoms with Crippen molar-refractivity contribution in [2.24, 2.45) is 0 Å². The highest BCUT2D eigenvalue weighted by Crippen LogP contribution is 2.30. The van der Waals surface area contributed by atoms with Crippen LogP contribution < -0.4 is 5.32 Å². The molecule has 0 saturated heterocycles. The van der Waals surface area contributed by atoms with E-state index in [1.165, 1.54) is 0 Å². The fraction of sp³-hybridized carbons (Fsp3) is 0.375. The molecular formula is C16H16BrN3O. The molecule has 21 heavy (non-hydrogen) atoms. The molecule has 0 aliphatic heterocycles. The van der Waals surface area contributed by atoms with Gasteiger partial charge in [0.05, 0.1) is 11.6 Å². The molecule has 0 radical (unpaired) electrons. The number of carbonyl (C=O) groups excluding carboxylic acids is 1. The fourth-order valence-electron chi connectivity index (χ4n) is 3.02. The lowest BCUT2D eigenvalue weighted by molar-refractivity contribution is 0.0904. The third-order valence-corrected chi connectivity index (χ3v) is 4.83. The average Bonchev–Trinajstić information content (AvgIpc) is 2.94. The van der Waals surface area contributed by atoms with Crippen molar-refractivity contribution in [2.45, 2.75) is 37.6 Å². The van der Waals surface area contributed by atoms with E-state index in [0.717, 1.165) is 47.5 Å². The second-order valence-electron chi connectivity index (χ2n) is 5.57. The molecular weight excluding hydrogens is 330 g/mol. The minimum Gasteiger partial charge on any atom is -0.360 e. The highest BCUT2D eigenvalue weighted by atomic mass is 79.9. The van der Waals surface area contributed by atoms with Crippen molar-refractivity contribution in [1.82, 2.24) is 10.3 Å². The molecule has 0 unspecified atom stereocenters. The van der Waals surface area contributed by atoms with E-state index in [2.05, 4.69) is 32.3 Å². The molecule has 1 aromatic heterocycles. The summed E-state index contributed by atoms with van der Waals surface area (Å²) >= 11 is 3.49. The molecule has 1 aromatic carbocycles. The summed E-state index contributed by atoms with van der Waals surface area (Å²) in [6.07, 6.45) is 6.30. The van der Waals surface area contributed by atoms with Gasteiger partial charge in [0, 0.05) is 21.6 Å². The topological polar surface area (TPSA) is 68.7 Å². The number of aromatic nitrogens is 1. The molecule has 1 amide bonds. The van der Waals surface area contributed by atoms with Gasteiger partial charge in [0.1, 0.15) is 5.54 Å². The lowest BCUT2D eigenvalue weighted by Gasteiger charge is -2.31. The molecule has 1 heterocycles. The van der Waals surface area contributed by atoms with Crippen LogP contribution >= 0.6 is 15.9 Å². The highest BCUT2D eigenvalue weighted by molar-refractivity contribution is 9.10. The maximum absolute atomic E-state index is 12.6. The van der Waals surface area contributed by atoms with E-state index in [9.17, 15) is 10.1 Å². The molecule has 1 aliphatic carbocycles. The van der Waals surface area contributed by atoms with E-state index in [4.69, 9.17) is 0 Å². The van der Waals surface area contributed by atoms with Gasteiger partial charge in [0.15, 0.2) is 0 Å². The van der Waals surface area contributed by atoms with Gasteiger partial charge >= 0.3 is 0 Å². The van der Waals surface area contributed by atoms with Gasteiger partial charge < -0.3 is 10.3 Å². The summed E-state index contributed by atoms with van der Waals surface area (Å²) in [7, 11) is 0. The summed E-state index contributed by atoms with van der Waals surface area (Å²) in [4.78, 5) is 15.7. The Morgan fingerprint density at radius 1 is 1.33 bits per heavy atom. The normalized spacial score (nSPS) is 17.3. The van der Waals surface area contributed by atoms with Gasteiger partial charge in [-0.25, -0.2) is 0 Å². The standard InChI is InChI=1S/C16H16BrN3O/c17-12-5-4-6-13-14(12)11(9-19-13)15(21)20-16(10-18)7-2-1-3-8-16/h4-6,9,19H,1-3,7-8H2,(H,20,21). The first kappa shape index (κ1) is 14.2. The molecule has 2 aromatic rings.